The van der Waals surface area contributed by atoms with Gasteiger partial charge in [0, 0.05) is 22.0 Å². The van der Waals surface area contributed by atoms with Gasteiger partial charge in [0.15, 0.2) is 22.3 Å². The van der Waals surface area contributed by atoms with Gasteiger partial charge in [-0.25, -0.2) is 0 Å². The van der Waals surface area contributed by atoms with Gasteiger partial charge in [0.25, 0.3) is 0 Å². The zero-order valence-electron chi connectivity index (χ0n) is 20.6. The molecule has 186 valence electrons. The van der Waals surface area contributed by atoms with Crippen molar-refractivity contribution < 1.29 is 14.3 Å². The van der Waals surface area contributed by atoms with E-state index < -0.39 is 17.7 Å². The Morgan fingerprint density at radius 2 is 1.94 bits per heavy atom. The Labute approximate surface area is 221 Å². The second kappa shape index (κ2) is 9.30. The van der Waals surface area contributed by atoms with Gasteiger partial charge in [0.2, 0.25) is 5.91 Å². The maximum atomic E-state index is 14.0. The average Bonchev–Trinajstić information content (AvgIpc) is 2.82. The Morgan fingerprint density at radius 3 is 2.64 bits per heavy atom. The van der Waals surface area contributed by atoms with Crippen molar-refractivity contribution in [2.75, 3.05) is 16.8 Å². The molecule has 0 spiro atoms. The van der Waals surface area contributed by atoms with E-state index in [0.717, 1.165) is 28.1 Å². The minimum absolute atomic E-state index is 0.170. The van der Waals surface area contributed by atoms with Crippen molar-refractivity contribution in [3.05, 3.63) is 82.4 Å². The zero-order valence-corrected chi connectivity index (χ0v) is 22.2. The highest BCUT2D eigenvalue weighted by Crippen LogP contribution is 2.52. The third-order valence-corrected chi connectivity index (χ3v) is 7.35. The van der Waals surface area contributed by atoms with Gasteiger partial charge in [0.1, 0.15) is 5.92 Å². The minimum Gasteiger partial charge on any atom is -0.490 e. The number of aryl methyl sites for hydroxylation is 2. The number of benzene rings is 3. The van der Waals surface area contributed by atoms with E-state index in [2.05, 4.69) is 10.6 Å². The van der Waals surface area contributed by atoms with E-state index in [4.69, 9.17) is 33.3 Å². The number of para-hydroxylation sites is 1. The number of rotatable bonds is 5. The molecular formula is C28H28ClN3O3S. The first-order chi connectivity index (χ1) is 17.2. The maximum Gasteiger partial charge on any atom is 0.236 e. The summed E-state index contributed by atoms with van der Waals surface area (Å²) in [6.45, 7) is 8.34. The average molecular weight is 522 g/mol. The predicted octanol–water partition coefficient (Wildman–Crippen LogP) is 6.15. The number of carbonyl (C=O) groups is 1. The lowest BCUT2D eigenvalue weighted by Crippen LogP contribution is -2.72. The highest BCUT2D eigenvalue weighted by atomic mass is 35.5. The number of ether oxygens (including phenoxy) is 2. The van der Waals surface area contributed by atoms with Crippen molar-refractivity contribution in [3.8, 4) is 11.5 Å². The van der Waals surface area contributed by atoms with Gasteiger partial charge in [-0.15, -0.1) is 0 Å². The molecule has 5 rings (SSSR count). The normalized spacial score (nSPS) is 22.2. The number of anilines is 2. The molecule has 2 N–H and O–H groups in total. The molecule has 1 fully saturated rings. The van der Waals surface area contributed by atoms with E-state index >= 15 is 0 Å². The van der Waals surface area contributed by atoms with Crippen molar-refractivity contribution in [1.29, 1.82) is 0 Å². The van der Waals surface area contributed by atoms with Crippen molar-refractivity contribution in [2.24, 2.45) is 5.92 Å². The highest BCUT2D eigenvalue weighted by molar-refractivity contribution is 7.80. The molecular weight excluding hydrogens is 494 g/mol. The maximum absolute atomic E-state index is 14.0. The molecule has 1 saturated heterocycles. The molecule has 0 aromatic heterocycles. The van der Waals surface area contributed by atoms with Crippen LogP contribution < -0.4 is 25.0 Å². The Kier molecular flexibility index (Phi) is 6.30. The van der Waals surface area contributed by atoms with Gasteiger partial charge in [0.05, 0.1) is 12.6 Å². The fraction of sp³-hybridized carbons (Fsp3) is 0.286. The van der Waals surface area contributed by atoms with Crippen molar-refractivity contribution in [1.82, 2.24) is 5.32 Å². The second-order valence-corrected chi connectivity index (χ2v) is 10.1. The molecule has 2 aliphatic rings. The van der Waals surface area contributed by atoms with Crippen LogP contribution in [-0.2, 0) is 4.79 Å². The Morgan fingerprint density at radius 1 is 1.19 bits per heavy atom. The lowest BCUT2D eigenvalue weighted by molar-refractivity contribution is -0.130. The number of thiocarbonyl (C=S) groups is 1. The van der Waals surface area contributed by atoms with Crippen molar-refractivity contribution in [2.45, 2.75) is 39.5 Å². The monoisotopic (exact) mass is 521 g/mol. The molecule has 2 heterocycles. The Hall–Kier alpha value is -3.29. The molecule has 6 nitrogen and oxygen atoms in total. The van der Waals surface area contributed by atoms with Crippen LogP contribution in [0.5, 0.6) is 11.5 Å². The van der Waals surface area contributed by atoms with Crippen LogP contribution in [0.1, 0.15) is 36.6 Å². The largest absolute Gasteiger partial charge is 0.490 e. The van der Waals surface area contributed by atoms with Crippen LogP contribution in [0.15, 0.2) is 60.7 Å². The number of fused-ring (bicyclic) bond motifs is 4. The van der Waals surface area contributed by atoms with E-state index in [1.807, 2.05) is 81.1 Å². The summed E-state index contributed by atoms with van der Waals surface area (Å²) in [4.78, 5) is 15.9. The van der Waals surface area contributed by atoms with E-state index in [-0.39, 0.29) is 5.91 Å². The third kappa shape index (κ3) is 4.06. The van der Waals surface area contributed by atoms with Crippen LogP contribution in [0, 0.1) is 19.8 Å². The molecule has 0 unspecified atom stereocenters. The molecule has 3 aromatic rings. The number of hydrogen-bond acceptors (Lipinski definition) is 4. The number of halogens is 1. The smallest absolute Gasteiger partial charge is 0.236 e. The summed E-state index contributed by atoms with van der Waals surface area (Å²) in [5.74, 6) is 0.419. The molecule has 2 bridgehead atoms. The zero-order chi connectivity index (χ0) is 25.6. The SMILES string of the molecule is CCOc1cccc2c1O[C@@]1(C)[C@H](C(=O)Nc3ccc(C)cc3C)[C@H]2NC(=S)N1c1ccc(Cl)cc1. The first kappa shape index (κ1) is 24.4. The fourth-order valence-electron chi connectivity index (χ4n) is 5.18. The molecule has 0 aliphatic carbocycles. The van der Waals surface area contributed by atoms with Crippen LogP contribution in [0.4, 0.5) is 11.4 Å². The minimum atomic E-state index is -1.15. The van der Waals surface area contributed by atoms with Gasteiger partial charge in [-0.1, -0.05) is 41.4 Å². The van der Waals surface area contributed by atoms with Crippen LogP contribution in [-0.4, -0.2) is 23.4 Å². The van der Waals surface area contributed by atoms with Crippen LogP contribution in [0.3, 0.4) is 0 Å². The lowest BCUT2D eigenvalue weighted by atomic mass is 9.78. The van der Waals surface area contributed by atoms with Crippen LogP contribution >= 0.6 is 23.8 Å². The fourth-order valence-corrected chi connectivity index (χ4v) is 5.72. The molecule has 3 aromatic carbocycles. The molecule has 3 atom stereocenters. The topological polar surface area (TPSA) is 62.8 Å². The van der Waals surface area contributed by atoms with E-state index in [9.17, 15) is 4.79 Å². The summed E-state index contributed by atoms with van der Waals surface area (Å²) in [6, 6.07) is 18.6. The van der Waals surface area contributed by atoms with E-state index in [1.54, 1.807) is 12.1 Å². The summed E-state index contributed by atoms with van der Waals surface area (Å²) in [5, 5.41) is 7.65. The second-order valence-electron chi connectivity index (χ2n) is 9.29. The molecule has 0 saturated carbocycles. The van der Waals surface area contributed by atoms with Gasteiger partial charge in [-0.05, 0) is 81.9 Å². The summed E-state index contributed by atoms with van der Waals surface area (Å²) in [6.07, 6.45) is 0. The molecule has 1 amide bonds. The summed E-state index contributed by atoms with van der Waals surface area (Å²) in [7, 11) is 0. The summed E-state index contributed by atoms with van der Waals surface area (Å²) in [5.41, 5.74) is 3.34. The molecule has 2 aliphatic heterocycles. The third-order valence-electron chi connectivity index (χ3n) is 6.80. The Balaban J connectivity index is 1.64. The number of amides is 1. The predicted molar refractivity (Wildman–Crippen MR) is 147 cm³/mol. The molecule has 36 heavy (non-hydrogen) atoms. The number of hydrogen-bond donors (Lipinski definition) is 2. The van der Waals surface area contributed by atoms with Gasteiger partial charge in [-0.3, -0.25) is 9.69 Å². The first-order valence-corrected chi connectivity index (χ1v) is 12.7. The molecule has 8 heteroatoms. The van der Waals surface area contributed by atoms with Crippen molar-refractivity contribution in [3.63, 3.8) is 0 Å². The lowest BCUT2D eigenvalue weighted by Gasteiger charge is -2.56. The summed E-state index contributed by atoms with van der Waals surface area (Å²) >= 11 is 12.0. The number of carbonyl (C=O) groups excluding carboxylic acids is 1. The standard InChI is InChI=1S/C28H28ClN3O3S/c1-5-34-22-8-6-7-20-24-23(26(33)30-21-14-9-16(2)15-17(21)3)28(4,35-25(20)22)32(27(36)31-24)19-12-10-18(29)11-13-19/h6-15,23-24H,5H2,1-4H3,(H,30,33)(H,31,36)/t23-,24-,28-/m0/s1. The van der Waals surface area contributed by atoms with Crippen LogP contribution in [0.2, 0.25) is 5.02 Å². The van der Waals surface area contributed by atoms with Crippen LogP contribution in [0.25, 0.3) is 0 Å². The van der Waals surface area contributed by atoms with E-state index in [1.165, 1.54) is 0 Å². The highest BCUT2D eigenvalue weighted by Gasteiger charge is 2.59. The van der Waals surface area contributed by atoms with E-state index in [0.29, 0.717) is 28.2 Å². The number of nitrogens with one attached hydrogen (secondary N) is 2. The Bertz CT molecular complexity index is 1350. The van der Waals surface area contributed by atoms with Gasteiger partial charge >= 0.3 is 0 Å². The van der Waals surface area contributed by atoms with Crippen molar-refractivity contribution >= 4 is 46.2 Å². The summed E-state index contributed by atoms with van der Waals surface area (Å²) < 4.78 is 12.6. The van der Waals surface area contributed by atoms with Gasteiger partial charge in [-0.2, -0.15) is 0 Å². The van der Waals surface area contributed by atoms with Gasteiger partial charge < -0.3 is 20.1 Å². The number of nitrogens with zero attached hydrogens (tertiary/aromatic N) is 1. The quantitative estimate of drug-likeness (QED) is 0.392. The molecule has 0 radical (unpaired) electrons. The first-order valence-electron chi connectivity index (χ1n) is 11.9.